The van der Waals surface area contributed by atoms with E-state index in [1.54, 1.807) is 4.90 Å². The van der Waals surface area contributed by atoms with E-state index in [-0.39, 0.29) is 22.8 Å². The van der Waals surface area contributed by atoms with Crippen molar-refractivity contribution in [2.75, 3.05) is 11.9 Å². The molecule has 1 fully saturated rings. The van der Waals surface area contributed by atoms with E-state index in [1.165, 1.54) is 12.1 Å². The Morgan fingerprint density at radius 2 is 2.10 bits per heavy atom. The summed E-state index contributed by atoms with van der Waals surface area (Å²) < 4.78 is 13.8. The second-order valence-electron chi connectivity index (χ2n) is 5.50. The van der Waals surface area contributed by atoms with Crippen molar-refractivity contribution >= 4 is 17.7 Å². The molecule has 2 rings (SSSR count). The van der Waals surface area contributed by atoms with Gasteiger partial charge in [0.2, 0.25) is 0 Å². The predicted octanol–water partition coefficient (Wildman–Crippen LogP) is 2.93. The first-order valence-electron chi connectivity index (χ1n) is 6.43. The second kappa shape index (κ2) is 5.11. The molecule has 5 nitrogen and oxygen atoms in total. The van der Waals surface area contributed by atoms with Crippen LogP contribution in [-0.2, 0) is 0 Å². The first-order valence-corrected chi connectivity index (χ1v) is 6.43. The Hall–Kier alpha value is -2.11. The average molecular weight is 280 g/mol. The van der Waals surface area contributed by atoms with Crippen LogP contribution in [0, 0.1) is 5.82 Å². The van der Waals surface area contributed by atoms with Crippen LogP contribution < -0.4 is 5.32 Å². The maximum Gasteiger partial charge on any atom is 0.335 e. The molecule has 0 saturated carbocycles. The fourth-order valence-electron chi connectivity index (χ4n) is 2.42. The van der Waals surface area contributed by atoms with Crippen molar-refractivity contribution in [2.45, 2.75) is 32.2 Å². The zero-order valence-corrected chi connectivity index (χ0v) is 11.4. The molecule has 2 amide bonds. The van der Waals surface area contributed by atoms with Crippen molar-refractivity contribution in [3.63, 3.8) is 0 Å². The van der Waals surface area contributed by atoms with Gasteiger partial charge in [0.15, 0.2) is 0 Å². The SMILES string of the molecule is CC1(C)CCCN1C(=O)Nc1ccc(C(=O)O)cc1F. The van der Waals surface area contributed by atoms with Gasteiger partial charge in [0.1, 0.15) is 5.82 Å². The lowest BCUT2D eigenvalue weighted by Gasteiger charge is -2.31. The van der Waals surface area contributed by atoms with E-state index in [0.29, 0.717) is 6.54 Å². The monoisotopic (exact) mass is 280 g/mol. The fraction of sp³-hybridized carbons (Fsp3) is 0.429. The zero-order chi connectivity index (χ0) is 14.9. The number of nitrogens with zero attached hydrogens (tertiary/aromatic N) is 1. The van der Waals surface area contributed by atoms with Crippen molar-refractivity contribution in [3.05, 3.63) is 29.6 Å². The minimum absolute atomic E-state index is 0.0114. The highest BCUT2D eigenvalue weighted by Gasteiger charge is 2.35. The molecule has 0 unspecified atom stereocenters. The van der Waals surface area contributed by atoms with Gasteiger partial charge in [0.05, 0.1) is 11.3 Å². The van der Waals surface area contributed by atoms with Gasteiger partial charge in [-0.1, -0.05) is 0 Å². The number of carbonyl (C=O) groups excluding carboxylic acids is 1. The fourth-order valence-corrected chi connectivity index (χ4v) is 2.42. The summed E-state index contributed by atoms with van der Waals surface area (Å²) in [6.45, 7) is 4.56. The molecule has 0 bridgehead atoms. The Morgan fingerprint density at radius 3 is 2.60 bits per heavy atom. The summed E-state index contributed by atoms with van der Waals surface area (Å²) in [5.74, 6) is -1.96. The molecular weight excluding hydrogens is 263 g/mol. The van der Waals surface area contributed by atoms with Crippen molar-refractivity contribution in [3.8, 4) is 0 Å². The average Bonchev–Trinajstić information content (AvgIpc) is 2.71. The van der Waals surface area contributed by atoms with Crippen molar-refractivity contribution in [1.82, 2.24) is 4.90 Å². The molecule has 1 saturated heterocycles. The number of carbonyl (C=O) groups is 2. The van der Waals surface area contributed by atoms with E-state index < -0.39 is 11.8 Å². The van der Waals surface area contributed by atoms with Gasteiger partial charge in [0.25, 0.3) is 0 Å². The highest BCUT2D eigenvalue weighted by Crippen LogP contribution is 2.29. The lowest BCUT2D eigenvalue weighted by atomic mass is 10.0. The molecule has 2 N–H and O–H groups in total. The summed E-state index contributed by atoms with van der Waals surface area (Å²) in [5.41, 5.74) is -0.411. The van der Waals surface area contributed by atoms with Gasteiger partial charge in [-0.25, -0.2) is 14.0 Å². The molecule has 1 heterocycles. The zero-order valence-electron chi connectivity index (χ0n) is 11.4. The van der Waals surface area contributed by atoms with E-state index in [4.69, 9.17) is 5.11 Å². The molecule has 1 aliphatic rings. The minimum atomic E-state index is -1.21. The third-order valence-electron chi connectivity index (χ3n) is 3.60. The topological polar surface area (TPSA) is 69.6 Å². The Morgan fingerprint density at radius 1 is 1.40 bits per heavy atom. The van der Waals surface area contributed by atoms with Gasteiger partial charge in [-0.05, 0) is 44.9 Å². The maximum absolute atomic E-state index is 13.8. The van der Waals surface area contributed by atoms with Crippen LogP contribution in [0.3, 0.4) is 0 Å². The van der Waals surface area contributed by atoms with Gasteiger partial charge >= 0.3 is 12.0 Å². The molecule has 0 aliphatic carbocycles. The highest BCUT2D eigenvalue weighted by molar-refractivity contribution is 5.92. The molecule has 0 aromatic heterocycles. The number of hydrogen-bond donors (Lipinski definition) is 2. The lowest BCUT2D eigenvalue weighted by Crippen LogP contribution is -2.45. The Bertz CT molecular complexity index is 557. The molecule has 0 radical (unpaired) electrons. The molecule has 1 aromatic rings. The third-order valence-corrected chi connectivity index (χ3v) is 3.60. The normalized spacial score (nSPS) is 17.1. The Labute approximate surface area is 116 Å². The summed E-state index contributed by atoms with van der Waals surface area (Å²) in [6, 6.07) is 3.05. The highest BCUT2D eigenvalue weighted by atomic mass is 19.1. The summed E-state index contributed by atoms with van der Waals surface area (Å²) in [6.07, 6.45) is 1.82. The van der Waals surface area contributed by atoms with Crippen molar-refractivity contribution in [1.29, 1.82) is 0 Å². The number of anilines is 1. The van der Waals surface area contributed by atoms with Gasteiger partial charge in [-0.2, -0.15) is 0 Å². The third kappa shape index (κ3) is 2.74. The van der Waals surface area contributed by atoms with E-state index in [9.17, 15) is 14.0 Å². The van der Waals surface area contributed by atoms with Crippen LogP contribution in [0.4, 0.5) is 14.9 Å². The smallest absolute Gasteiger partial charge is 0.335 e. The van der Waals surface area contributed by atoms with Crippen LogP contribution in [0.5, 0.6) is 0 Å². The first-order chi connectivity index (χ1) is 9.31. The Balaban J connectivity index is 2.14. The molecule has 0 atom stereocenters. The molecule has 108 valence electrons. The molecule has 0 spiro atoms. The quantitative estimate of drug-likeness (QED) is 0.875. The van der Waals surface area contributed by atoms with Gasteiger partial charge in [0, 0.05) is 12.1 Å². The van der Waals surface area contributed by atoms with Crippen LogP contribution in [-0.4, -0.2) is 34.1 Å². The number of rotatable bonds is 2. The second-order valence-corrected chi connectivity index (χ2v) is 5.50. The van der Waals surface area contributed by atoms with E-state index in [2.05, 4.69) is 5.32 Å². The Kier molecular flexibility index (Phi) is 3.65. The van der Waals surface area contributed by atoms with Crippen LogP contribution in [0.15, 0.2) is 18.2 Å². The van der Waals surface area contributed by atoms with E-state index in [1.807, 2.05) is 13.8 Å². The minimum Gasteiger partial charge on any atom is -0.478 e. The predicted molar refractivity (Wildman–Crippen MR) is 72.4 cm³/mol. The van der Waals surface area contributed by atoms with Gasteiger partial charge in [-0.15, -0.1) is 0 Å². The first kappa shape index (κ1) is 14.3. The lowest BCUT2D eigenvalue weighted by molar-refractivity contribution is 0.0696. The van der Waals surface area contributed by atoms with Crippen LogP contribution in [0.1, 0.15) is 37.0 Å². The molecule has 1 aliphatic heterocycles. The summed E-state index contributed by atoms with van der Waals surface area (Å²) in [4.78, 5) is 24.5. The summed E-state index contributed by atoms with van der Waals surface area (Å²) in [7, 11) is 0. The van der Waals surface area contributed by atoms with Gasteiger partial charge in [-0.3, -0.25) is 0 Å². The number of nitrogens with one attached hydrogen (secondary N) is 1. The van der Waals surface area contributed by atoms with E-state index in [0.717, 1.165) is 18.9 Å². The molecule has 6 heteroatoms. The maximum atomic E-state index is 13.8. The van der Waals surface area contributed by atoms with Crippen LogP contribution in [0.2, 0.25) is 0 Å². The number of hydrogen-bond acceptors (Lipinski definition) is 2. The molecular formula is C14H17FN2O3. The number of aromatic carboxylic acids is 1. The number of amides is 2. The number of likely N-dealkylation sites (tertiary alicyclic amines) is 1. The van der Waals surface area contributed by atoms with Crippen LogP contribution in [0.25, 0.3) is 0 Å². The standard InChI is InChI=1S/C14H17FN2O3/c1-14(2)6-3-7-17(14)13(20)16-11-5-4-9(12(18)19)8-10(11)15/h4-5,8H,3,6-7H2,1-2H3,(H,16,20)(H,18,19). The summed E-state index contributed by atoms with van der Waals surface area (Å²) in [5, 5.41) is 11.3. The van der Waals surface area contributed by atoms with Crippen LogP contribution >= 0.6 is 0 Å². The molecule has 1 aromatic carbocycles. The number of benzene rings is 1. The van der Waals surface area contributed by atoms with E-state index >= 15 is 0 Å². The van der Waals surface area contributed by atoms with Crippen molar-refractivity contribution in [2.24, 2.45) is 0 Å². The number of urea groups is 1. The molecule has 20 heavy (non-hydrogen) atoms. The number of halogens is 1. The summed E-state index contributed by atoms with van der Waals surface area (Å²) >= 11 is 0. The number of carboxylic acid groups (broad SMARTS) is 1. The number of carboxylic acids is 1. The van der Waals surface area contributed by atoms with Gasteiger partial charge < -0.3 is 15.3 Å². The van der Waals surface area contributed by atoms with Crippen molar-refractivity contribution < 1.29 is 19.1 Å². The largest absolute Gasteiger partial charge is 0.478 e.